The number of halogens is 1. The van der Waals surface area contributed by atoms with Crippen molar-refractivity contribution in [3.05, 3.63) is 27.7 Å². The number of nitrogens with one attached hydrogen (secondary N) is 1. The average Bonchev–Trinajstić information content (AvgIpc) is 2.35. The zero-order valence-corrected chi connectivity index (χ0v) is 13.7. The molecule has 0 atom stereocenters. The van der Waals surface area contributed by atoms with E-state index in [1.807, 2.05) is 32.9 Å². The Morgan fingerprint density at radius 3 is 2.50 bits per heavy atom. The van der Waals surface area contributed by atoms with Gasteiger partial charge in [-0.15, -0.1) is 0 Å². The zero-order chi connectivity index (χ0) is 14.9. The Labute approximate surface area is 128 Å². The van der Waals surface area contributed by atoms with Crippen LogP contribution in [0.3, 0.4) is 0 Å². The number of anilines is 1. The van der Waals surface area contributed by atoms with Gasteiger partial charge in [0.2, 0.25) is 0 Å². The van der Waals surface area contributed by atoms with Crippen LogP contribution in [0, 0.1) is 13.8 Å². The SMILES string of the molecule is Cc1cc(C)c(NC(=O)N2CCC(C)(O)CC2)cc1Br. The van der Waals surface area contributed by atoms with Crippen LogP contribution in [-0.2, 0) is 0 Å². The number of likely N-dealkylation sites (tertiary alicyclic amines) is 1. The third kappa shape index (κ3) is 3.52. The lowest BCUT2D eigenvalue weighted by Crippen LogP contribution is -2.46. The van der Waals surface area contributed by atoms with Gasteiger partial charge in [-0.3, -0.25) is 0 Å². The summed E-state index contributed by atoms with van der Waals surface area (Å²) in [6, 6.07) is 3.88. The molecule has 1 aliphatic rings. The third-order valence-corrected chi connectivity index (χ3v) is 4.73. The van der Waals surface area contributed by atoms with E-state index in [1.54, 1.807) is 4.90 Å². The Balaban J connectivity index is 2.04. The second-order valence-corrected chi connectivity index (χ2v) is 6.68. The van der Waals surface area contributed by atoms with Gasteiger partial charge in [-0.05, 0) is 50.8 Å². The molecule has 5 heteroatoms. The highest BCUT2D eigenvalue weighted by molar-refractivity contribution is 9.10. The number of nitrogens with zero attached hydrogens (tertiary/aromatic N) is 1. The molecule has 110 valence electrons. The topological polar surface area (TPSA) is 52.6 Å². The van der Waals surface area contributed by atoms with E-state index < -0.39 is 5.60 Å². The smallest absolute Gasteiger partial charge is 0.321 e. The van der Waals surface area contributed by atoms with Crippen molar-refractivity contribution < 1.29 is 9.90 Å². The van der Waals surface area contributed by atoms with E-state index in [2.05, 4.69) is 21.2 Å². The summed E-state index contributed by atoms with van der Waals surface area (Å²) >= 11 is 3.48. The van der Waals surface area contributed by atoms with Crippen molar-refractivity contribution in [2.24, 2.45) is 0 Å². The summed E-state index contributed by atoms with van der Waals surface area (Å²) < 4.78 is 0.986. The van der Waals surface area contributed by atoms with Crippen LogP contribution >= 0.6 is 15.9 Å². The molecule has 0 unspecified atom stereocenters. The highest BCUT2D eigenvalue weighted by Crippen LogP contribution is 2.26. The number of piperidine rings is 1. The van der Waals surface area contributed by atoms with Gasteiger partial charge in [-0.25, -0.2) is 4.79 Å². The Morgan fingerprint density at radius 2 is 1.90 bits per heavy atom. The van der Waals surface area contributed by atoms with E-state index >= 15 is 0 Å². The van der Waals surface area contributed by atoms with Crippen LogP contribution in [0.4, 0.5) is 10.5 Å². The minimum atomic E-state index is -0.639. The molecule has 1 aromatic rings. The quantitative estimate of drug-likeness (QED) is 0.822. The number of hydrogen-bond donors (Lipinski definition) is 2. The monoisotopic (exact) mass is 340 g/mol. The second-order valence-electron chi connectivity index (χ2n) is 5.83. The van der Waals surface area contributed by atoms with Crippen molar-refractivity contribution in [3.63, 3.8) is 0 Å². The van der Waals surface area contributed by atoms with Crippen molar-refractivity contribution in [3.8, 4) is 0 Å². The summed E-state index contributed by atoms with van der Waals surface area (Å²) in [5.74, 6) is 0. The van der Waals surface area contributed by atoms with Crippen molar-refractivity contribution in [1.82, 2.24) is 4.90 Å². The van der Waals surface area contributed by atoms with E-state index in [0.717, 1.165) is 21.3 Å². The normalized spacial score (nSPS) is 17.9. The van der Waals surface area contributed by atoms with Gasteiger partial charge in [0.15, 0.2) is 0 Å². The minimum Gasteiger partial charge on any atom is -0.390 e. The lowest BCUT2D eigenvalue weighted by molar-refractivity contribution is 0.00570. The molecule has 1 saturated heterocycles. The molecule has 20 heavy (non-hydrogen) atoms. The first kappa shape index (κ1) is 15.3. The van der Waals surface area contributed by atoms with Crippen LogP contribution in [0.1, 0.15) is 30.9 Å². The Bertz CT molecular complexity index is 519. The number of urea groups is 1. The first-order valence-corrected chi connectivity index (χ1v) is 7.63. The summed E-state index contributed by atoms with van der Waals surface area (Å²) in [5, 5.41) is 12.9. The van der Waals surface area contributed by atoms with Gasteiger partial charge in [0.05, 0.1) is 5.60 Å². The Hall–Kier alpha value is -1.07. The number of aryl methyl sites for hydroxylation is 2. The van der Waals surface area contributed by atoms with Crippen LogP contribution in [0.5, 0.6) is 0 Å². The van der Waals surface area contributed by atoms with Gasteiger partial charge < -0.3 is 15.3 Å². The number of carbonyl (C=O) groups is 1. The number of aliphatic hydroxyl groups is 1. The molecular weight excluding hydrogens is 320 g/mol. The van der Waals surface area contributed by atoms with Crippen LogP contribution in [-0.4, -0.2) is 34.7 Å². The van der Waals surface area contributed by atoms with Crippen molar-refractivity contribution in [2.45, 2.75) is 39.2 Å². The van der Waals surface area contributed by atoms with E-state index in [9.17, 15) is 9.90 Å². The van der Waals surface area contributed by atoms with Gasteiger partial charge in [0.25, 0.3) is 0 Å². The molecule has 1 aliphatic heterocycles. The summed E-state index contributed by atoms with van der Waals surface area (Å²) in [4.78, 5) is 14.0. The number of carbonyl (C=O) groups excluding carboxylic acids is 1. The maximum absolute atomic E-state index is 12.2. The zero-order valence-electron chi connectivity index (χ0n) is 12.2. The molecule has 2 N–H and O–H groups in total. The Kier molecular flexibility index (Phi) is 4.39. The molecule has 2 amide bonds. The van der Waals surface area contributed by atoms with Gasteiger partial charge >= 0.3 is 6.03 Å². The number of hydrogen-bond acceptors (Lipinski definition) is 2. The van der Waals surface area contributed by atoms with Crippen molar-refractivity contribution in [1.29, 1.82) is 0 Å². The molecule has 1 aromatic carbocycles. The molecule has 2 rings (SSSR count). The fourth-order valence-corrected chi connectivity index (χ4v) is 2.69. The molecule has 0 saturated carbocycles. The molecule has 1 heterocycles. The number of benzene rings is 1. The van der Waals surface area contributed by atoms with E-state index in [4.69, 9.17) is 0 Å². The lowest BCUT2D eigenvalue weighted by atomic mass is 9.94. The van der Waals surface area contributed by atoms with E-state index in [0.29, 0.717) is 25.9 Å². The maximum atomic E-state index is 12.2. The predicted molar refractivity (Wildman–Crippen MR) is 84.1 cm³/mol. The highest BCUT2D eigenvalue weighted by Gasteiger charge is 2.29. The molecule has 4 nitrogen and oxygen atoms in total. The number of rotatable bonds is 1. The van der Waals surface area contributed by atoms with Crippen molar-refractivity contribution >= 4 is 27.6 Å². The van der Waals surface area contributed by atoms with Crippen molar-refractivity contribution in [2.75, 3.05) is 18.4 Å². The van der Waals surface area contributed by atoms with Gasteiger partial charge in [0.1, 0.15) is 0 Å². The Morgan fingerprint density at radius 1 is 1.30 bits per heavy atom. The van der Waals surface area contributed by atoms with Crippen LogP contribution < -0.4 is 5.32 Å². The van der Waals surface area contributed by atoms with Crippen LogP contribution in [0.2, 0.25) is 0 Å². The summed E-state index contributed by atoms with van der Waals surface area (Å²) in [6.07, 6.45) is 1.24. The highest BCUT2D eigenvalue weighted by atomic mass is 79.9. The summed E-state index contributed by atoms with van der Waals surface area (Å²) in [7, 11) is 0. The molecule has 0 radical (unpaired) electrons. The standard InChI is InChI=1S/C15H21BrN2O2/c1-10-8-11(2)13(9-12(10)16)17-14(19)18-6-4-15(3,20)5-7-18/h8-9,20H,4-7H2,1-3H3,(H,17,19). The summed E-state index contributed by atoms with van der Waals surface area (Å²) in [5.41, 5.74) is 2.38. The molecule has 0 bridgehead atoms. The van der Waals surface area contributed by atoms with Gasteiger partial charge in [0, 0.05) is 23.2 Å². The average molecular weight is 341 g/mol. The van der Waals surface area contributed by atoms with Crippen LogP contribution in [0.25, 0.3) is 0 Å². The predicted octanol–water partition coefficient (Wildman–Crippen LogP) is 3.44. The third-order valence-electron chi connectivity index (χ3n) is 3.88. The molecule has 1 fully saturated rings. The summed E-state index contributed by atoms with van der Waals surface area (Å²) in [6.45, 7) is 7.00. The lowest BCUT2D eigenvalue weighted by Gasteiger charge is -2.35. The fourth-order valence-electron chi connectivity index (χ4n) is 2.35. The molecule has 0 spiro atoms. The molecule has 0 aromatic heterocycles. The van der Waals surface area contributed by atoms with E-state index in [-0.39, 0.29) is 6.03 Å². The maximum Gasteiger partial charge on any atom is 0.321 e. The first-order chi connectivity index (χ1) is 9.28. The number of amides is 2. The minimum absolute atomic E-state index is 0.0978. The van der Waals surface area contributed by atoms with Gasteiger partial charge in [-0.2, -0.15) is 0 Å². The first-order valence-electron chi connectivity index (χ1n) is 6.83. The largest absolute Gasteiger partial charge is 0.390 e. The van der Waals surface area contributed by atoms with Gasteiger partial charge in [-0.1, -0.05) is 22.0 Å². The molecule has 0 aliphatic carbocycles. The molecular formula is C15H21BrN2O2. The second kappa shape index (κ2) is 5.74. The van der Waals surface area contributed by atoms with E-state index in [1.165, 1.54) is 0 Å². The van der Waals surface area contributed by atoms with Crippen LogP contribution in [0.15, 0.2) is 16.6 Å². The fraction of sp³-hybridized carbons (Fsp3) is 0.533.